The van der Waals surface area contributed by atoms with Crippen molar-refractivity contribution in [2.24, 2.45) is 17.8 Å². The molecule has 154 valence electrons. The van der Waals surface area contributed by atoms with Crippen molar-refractivity contribution in [3.63, 3.8) is 0 Å². The maximum atomic E-state index is 12.8. The first kappa shape index (κ1) is 18.2. The lowest BCUT2D eigenvalue weighted by atomic mass is 9.48. The van der Waals surface area contributed by atoms with Gasteiger partial charge in [-0.2, -0.15) is 0 Å². The summed E-state index contributed by atoms with van der Waals surface area (Å²) in [5.41, 5.74) is 5.05. The summed E-state index contributed by atoms with van der Waals surface area (Å²) in [6, 6.07) is 19.2. The lowest BCUT2D eigenvalue weighted by molar-refractivity contribution is -0.116. The second-order valence-corrected chi connectivity index (χ2v) is 10.3. The van der Waals surface area contributed by atoms with Gasteiger partial charge in [0.1, 0.15) is 6.54 Å². The number of rotatable bonds is 4. The van der Waals surface area contributed by atoms with E-state index in [-0.39, 0.29) is 5.91 Å². The van der Waals surface area contributed by atoms with Crippen molar-refractivity contribution in [2.45, 2.75) is 57.4 Å². The Balaban J connectivity index is 1.18. The van der Waals surface area contributed by atoms with Crippen LogP contribution in [0.2, 0.25) is 0 Å². The van der Waals surface area contributed by atoms with Crippen LogP contribution in [-0.4, -0.2) is 10.5 Å². The van der Waals surface area contributed by atoms with Crippen LogP contribution in [0.4, 0.5) is 5.69 Å². The summed E-state index contributed by atoms with van der Waals surface area (Å²) in [5, 5.41) is 4.30. The van der Waals surface area contributed by atoms with Gasteiger partial charge in [-0.05, 0) is 104 Å². The van der Waals surface area contributed by atoms with E-state index < -0.39 is 0 Å². The van der Waals surface area contributed by atoms with Crippen molar-refractivity contribution in [1.29, 1.82) is 0 Å². The molecule has 4 aliphatic carbocycles. The number of hydrogen-bond donors (Lipinski definition) is 1. The Kier molecular flexibility index (Phi) is 4.09. The van der Waals surface area contributed by atoms with E-state index in [1.165, 1.54) is 49.5 Å². The Labute approximate surface area is 178 Å². The summed E-state index contributed by atoms with van der Waals surface area (Å²) >= 11 is 0. The van der Waals surface area contributed by atoms with Gasteiger partial charge in [-0.25, -0.2) is 0 Å². The fraction of sp³-hybridized carbons (Fsp3) is 0.444. The number of aromatic nitrogens is 1. The molecule has 30 heavy (non-hydrogen) atoms. The first-order valence-corrected chi connectivity index (χ1v) is 11.5. The number of nitrogens with zero attached hydrogens (tertiary/aromatic N) is 1. The lowest BCUT2D eigenvalue weighted by Gasteiger charge is -2.57. The first-order valence-electron chi connectivity index (χ1n) is 11.5. The van der Waals surface area contributed by atoms with Crippen molar-refractivity contribution in [3.05, 3.63) is 65.9 Å². The number of aryl methyl sites for hydroxylation is 1. The molecule has 3 heteroatoms. The molecule has 7 rings (SSSR count). The molecular weight excluding hydrogens is 368 g/mol. The molecule has 0 radical (unpaired) electrons. The molecule has 0 spiro atoms. The second-order valence-electron chi connectivity index (χ2n) is 10.3. The van der Waals surface area contributed by atoms with Gasteiger partial charge in [-0.3, -0.25) is 4.79 Å². The summed E-state index contributed by atoms with van der Waals surface area (Å²) < 4.78 is 2.09. The number of fused-ring (bicyclic) bond motifs is 1. The fourth-order valence-electron chi connectivity index (χ4n) is 7.27. The van der Waals surface area contributed by atoms with Gasteiger partial charge < -0.3 is 9.88 Å². The van der Waals surface area contributed by atoms with E-state index in [0.717, 1.165) is 34.7 Å². The smallest absolute Gasteiger partial charge is 0.244 e. The molecule has 1 amide bonds. The van der Waals surface area contributed by atoms with Crippen LogP contribution in [0.3, 0.4) is 0 Å². The van der Waals surface area contributed by atoms with E-state index in [1.54, 1.807) is 0 Å². The molecule has 4 fully saturated rings. The van der Waals surface area contributed by atoms with Crippen LogP contribution in [0, 0.1) is 24.7 Å². The summed E-state index contributed by atoms with van der Waals surface area (Å²) in [5.74, 6) is 2.89. The minimum Gasteiger partial charge on any atom is -0.335 e. The molecule has 4 saturated carbocycles. The van der Waals surface area contributed by atoms with Crippen LogP contribution in [0.5, 0.6) is 0 Å². The highest BCUT2D eigenvalue weighted by atomic mass is 16.1. The number of carbonyl (C=O) groups excluding carboxylic acids is 1. The Bertz CT molecular complexity index is 1070. The molecule has 0 atom stereocenters. The molecule has 1 N–H and O–H groups in total. The zero-order valence-electron chi connectivity index (χ0n) is 17.7. The van der Waals surface area contributed by atoms with Gasteiger partial charge in [0.25, 0.3) is 0 Å². The van der Waals surface area contributed by atoms with Crippen molar-refractivity contribution in [1.82, 2.24) is 4.57 Å². The Morgan fingerprint density at radius 3 is 2.27 bits per heavy atom. The lowest BCUT2D eigenvalue weighted by Crippen LogP contribution is -2.48. The molecule has 0 unspecified atom stereocenters. The molecule has 2 aromatic carbocycles. The van der Waals surface area contributed by atoms with Crippen LogP contribution in [0.1, 0.15) is 49.8 Å². The standard InChI is InChI=1S/C27H30N2O/c1-18-10-22-4-2-3-5-25(22)29(18)17-26(30)28-24-8-6-23(7-9-24)27-14-19-11-20(15-27)13-21(12-19)16-27/h2-10,19-21H,11-17H2,1H3,(H,28,30). The predicted molar refractivity (Wildman–Crippen MR) is 122 cm³/mol. The largest absolute Gasteiger partial charge is 0.335 e. The van der Waals surface area contributed by atoms with E-state index in [2.05, 4.69) is 59.3 Å². The Hall–Kier alpha value is -2.55. The molecule has 1 aromatic heterocycles. The van der Waals surface area contributed by atoms with E-state index in [4.69, 9.17) is 0 Å². The summed E-state index contributed by atoms with van der Waals surface area (Å²) in [6.45, 7) is 2.41. The zero-order chi connectivity index (χ0) is 20.3. The second kappa shape index (κ2) is 6.73. The number of anilines is 1. The summed E-state index contributed by atoms with van der Waals surface area (Å²) in [7, 11) is 0. The van der Waals surface area contributed by atoms with Crippen LogP contribution in [0.25, 0.3) is 10.9 Å². The molecule has 3 nitrogen and oxygen atoms in total. The molecule has 1 heterocycles. The van der Waals surface area contributed by atoms with E-state index in [9.17, 15) is 4.79 Å². The van der Waals surface area contributed by atoms with Crippen molar-refractivity contribution in [2.75, 3.05) is 5.32 Å². The number of amides is 1. The first-order chi connectivity index (χ1) is 14.6. The maximum absolute atomic E-state index is 12.8. The van der Waals surface area contributed by atoms with E-state index in [1.807, 2.05) is 12.1 Å². The summed E-state index contributed by atoms with van der Waals surface area (Å²) in [4.78, 5) is 12.8. The predicted octanol–water partition coefficient (Wildman–Crippen LogP) is 6.06. The van der Waals surface area contributed by atoms with Crippen molar-refractivity contribution < 1.29 is 4.79 Å². The van der Waals surface area contributed by atoms with Crippen LogP contribution < -0.4 is 5.32 Å². The highest BCUT2D eigenvalue weighted by Crippen LogP contribution is 2.60. The van der Waals surface area contributed by atoms with E-state index >= 15 is 0 Å². The Morgan fingerprint density at radius 1 is 0.967 bits per heavy atom. The average Bonchev–Trinajstić information content (AvgIpc) is 3.03. The molecule has 4 aliphatic rings. The van der Waals surface area contributed by atoms with Gasteiger partial charge >= 0.3 is 0 Å². The summed E-state index contributed by atoms with van der Waals surface area (Å²) in [6.07, 6.45) is 8.56. The number of benzene rings is 2. The third-order valence-corrected chi connectivity index (χ3v) is 8.14. The van der Waals surface area contributed by atoms with Crippen LogP contribution >= 0.6 is 0 Å². The highest BCUT2D eigenvalue weighted by molar-refractivity contribution is 5.92. The van der Waals surface area contributed by atoms with Gasteiger partial charge in [0.2, 0.25) is 5.91 Å². The van der Waals surface area contributed by atoms with Gasteiger partial charge in [-0.15, -0.1) is 0 Å². The number of carbonyl (C=O) groups is 1. The van der Waals surface area contributed by atoms with Crippen molar-refractivity contribution in [3.8, 4) is 0 Å². The highest BCUT2D eigenvalue weighted by Gasteiger charge is 2.51. The fourth-order valence-corrected chi connectivity index (χ4v) is 7.27. The van der Waals surface area contributed by atoms with E-state index in [0.29, 0.717) is 12.0 Å². The quantitative estimate of drug-likeness (QED) is 0.570. The zero-order valence-corrected chi connectivity index (χ0v) is 17.7. The molecule has 4 bridgehead atoms. The maximum Gasteiger partial charge on any atom is 0.244 e. The van der Waals surface area contributed by atoms with Crippen LogP contribution in [0.15, 0.2) is 54.6 Å². The number of para-hydroxylation sites is 1. The van der Waals surface area contributed by atoms with Gasteiger partial charge in [0.15, 0.2) is 0 Å². The third kappa shape index (κ3) is 2.98. The van der Waals surface area contributed by atoms with Gasteiger partial charge in [-0.1, -0.05) is 30.3 Å². The Morgan fingerprint density at radius 2 is 1.60 bits per heavy atom. The minimum atomic E-state index is 0.0296. The SMILES string of the molecule is Cc1cc2ccccc2n1CC(=O)Nc1ccc(C23CC4CC(CC(C4)C2)C3)cc1. The molecule has 0 saturated heterocycles. The number of nitrogens with one attached hydrogen (secondary N) is 1. The third-order valence-electron chi connectivity index (χ3n) is 8.14. The number of hydrogen-bond acceptors (Lipinski definition) is 1. The van der Waals surface area contributed by atoms with Crippen molar-refractivity contribution >= 4 is 22.5 Å². The monoisotopic (exact) mass is 398 g/mol. The van der Waals surface area contributed by atoms with Gasteiger partial charge in [0.05, 0.1) is 0 Å². The molecular formula is C27H30N2O. The molecule has 3 aromatic rings. The van der Waals surface area contributed by atoms with Crippen LogP contribution in [-0.2, 0) is 16.8 Å². The van der Waals surface area contributed by atoms with Gasteiger partial charge in [0, 0.05) is 16.9 Å². The minimum absolute atomic E-state index is 0.0296. The topological polar surface area (TPSA) is 34.0 Å². The molecule has 0 aliphatic heterocycles. The average molecular weight is 399 g/mol. The normalized spacial score (nSPS) is 29.4.